The zero-order valence-corrected chi connectivity index (χ0v) is 12.8. The number of carbonyl (C=O) groups excluding carboxylic acids is 1. The van der Waals surface area contributed by atoms with Gasteiger partial charge in [0.15, 0.2) is 0 Å². The van der Waals surface area contributed by atoms with Gasteiger partial charge in [-0.05, 0) is 44.0 Å². The van der Waals surface area contributed by atoms with E-state index in [0.717, 1.165) is 24.3 Å². The van der Waals surface area contributed by atoms with Gasteiger partial charge in [-0.15, -0.1) is 0 Å². The maximum atomic E-state index is 12.6. The van der Waals surface area contributed by atoms with Crippen molar-refractivity contribution in [2.45, 2.75) is 44.7 Å². The van der Waals surface area contributed by atoms with Crippen LogP contribution < -0.4 is 5.73 Å². The van der Waals surface area contributed by atoms with Crippen molar-refractivity contribution >= 4 is 11.6 Å². The Bertz CT molecular complexity index is 517. The lowest BCUT2D eigenvalue weighted by Crippen LogP contribution is -2.60. The summed E-state index contributed by atoms with van der Waals surface area (Å²) in [4.78, 5) is 17.3. The zero-order valence-electron chi connectivity index (χ0n) is 12.8. The Balaban J connectivity index is 1.66. The molecule has 0 spiro atoms. The number of fused-ring (bicyclic) bond motifs is 1. The van der Waals surface area contributed by atoms with E-state index in [1.54, 1.807) is 0 Å². The minimum Gasteiger partial charge on any atom is -0.399 e. The highest BCUT2D eigenvalue weighted by molar-refractivity contribution is 5.79. The van der Waals surface area contributed by atoms with Gasteiger partial charge in [0.2, 0.25) is 5.91 Å². The van der Waals surface area contributed by atoms with E-state index in [2.05, 4.69) is 16.7 Å². The zero-order chi connectivity index (χ0) is 14.8. The van der Waals surface area contributed by atoms with Gasteiger partial charge >= 0.3 is 0 Å². The predicted molar refractivity (Wildman–Crippen MR) is 84.9 cm³/mol. The summed E-state index contributed by atoms with van der Waals surface area (Å²) in [6.45, 7) is 5.28. The van der Waals surface area contributed by atoms with Crippen LogP contribution >= 0.6 is 0 Å². The Labute approximate surface area is 126 Å². The molecule has 0 aliphatic carbocycles. The van der Waals surface area contributed by atoms with Gasteiger partial charge in [-0.1, -0.05) is 18.6 Å². The van der Waals surface area contributed by atoms with E-state index in [0.29, 0.717) is 18.5 Å². The van der Waals surface area contributed by atoms with Gasteiger partial charge in [-0.25, -0.2) is 0 Å². The lowest BCUT2D eigenvalue weighted by molar-refractivity contribution is -0.137. The van der Waals surface area contributed by atoms with E-state index in [4.69, 9.17) is 5.73 Å². The molecule has 1 aromatic carbocycles. The number of benzene rings is 1. The van der Waals surface area contributed by atoms with Crippen molar-refractivity contribution in [3.63, 3.8) is 0 Å². The maximum absolute atomic E-state index is 12.6. The molecule has 3 rings (SSSR count). The molecule has 4 heteroatoms. The van der Waals surface area contributed by atoms with Crippen LogP contribution in [0.2, 0.25) is 0 Å². The smallest absolute Gasteiger partial charge is 0.227 e. The quantitative estimate of drug-likeness (QED) is 0.845. The molecule has 2 unspecified atom stereocenters. The summed E-state index contributed by atoms with van der Waals surface area (Å²) in [6, 6.07) is 8.54. The Kier molecular flexibility index (Phi) is 4.15. The molecule has 21 heavy (non-hydrogen) atoms. The summed E-state index contributed by atoms with van der Waals surface area (Å²) in [5.74, 6) is 0.235. The molecule has 114 valence electrons. The fourth-order valence-corrected chi connectivity index (χ4v) is 3.68. The molecule has 2 N–H and O–H groups in total. The number of carbonyl (C=O) groups is 1. The van der Waals surface area contributed by atoms with Crippen molar-refractivity contribution in [3.05, 3.63) is 29.8 Å². The molecule has 4 nitrogen and oxygen atoms in total. The third-order valence-corrected chi connectivity index (χ3v) is 4.81. The molecule has 1 amide bonds. The second-order valence-electron chi connectivity index (χ2n) is 6.46. The molecule has 1 aromatic rings. The van der Waals surface area contributed by atoms with Crippen molar-refractivity contribution in [2.75, 3.05) is 25.4 Å². The van der Waals surface area contributed by atoms with Crippen LogP contribution in [0.4, 0.5) is 5.69 Å². The van der Waals surface area contributed by atoms with Crippen LogP contribution in [0.15, 0.2) is 24.3 Å². The first-order chi connectivity index (χ1) is 10.1. The van der Waals surface area contributed by atoms with Crippen molar-refractivity contribution in [1.29, 1.82) is 0 Å². The van der Waals surface area contributed by atoms with Crippen LogP contribution in [0.25, 0.3) is 0 Å². The SMILES string of the molecule is CC1CN2CCCCC2CN1C(=O)Cc1cccc(N)c1. The Morgan fingerprint density at radius 3 is 3.00 bits per heavy atom. The van der Waals surface area contributed by atoms with E-state index >= 15 is 0 Å². The molecule has 2 saturated heterocycles. The van der Waals surface area contributed by atoms with Crippen molar-refractivity contribution < 1.29 is 4.79 Å². The van der Waals surface area contributed by atoms with Crippen LogP contribution in [0.3, 0.4) is 0 Å². The van der Waals surface area contributed by atoms with Crippen LogP contribution in [-0.2, 0) is 11.2 Å². The topological polar surface area (TPSA) is 49.6 Å². The standard InChI is InChI=1S/C17H25N3O/c1-13-11-19-8-3-2-7-16(19)12-20(13)17(21)10-14-5-4-6-15(18)9-14/h4-6,9,13,16H,2-3,7-8,10-12,18H2,1H3. The van der Waals surface area contributed by atoms with E-state index in [1.807, 2.05) is 24.3 Å². The van der Waals surface area contributed by atoms with E-state index in [1.165, 1.54) is 25.8 Å². The lowest BCUT2D eigenvalue weighted by Gasteiger charge is -2.47. The summed E-state index contributed by atoms with van der Waals surface area (Å²) < 4.78 is 0. The number of nitrogens with two attached hydrogens (primary N) is 1. The van der Waals surface area contributed by atoms with Crippen molar-refractivity contribution in [1.82, 2.24) is 9.80 Å². The molecule has 2 fully saturated rings. The first-order valence-electron chi connectivity index (χ1n) is 8.01. The third kappa shape index (κ3) is 3.21. The summed E-state index contributed by atoms with van der Waals surface area (Å²) in [6.07, 6.45) is 4.30. The number of anilines is 1. The molecule has 0 radical (unpaired) electrons. The summed E-state index contributed by atoms with van der Waals surface area (Å²) in [5.41, 5.74) is 7.54. The van der Waals surface area contributed by atoms with Crippen LogP contribution in [0.1, 0.15) is 31.7 Å². The summed E-state index contributed by atoms with van der Waals surface area (Å²) in [7, 11) is 0. The lowest BCUT2D eigenvalue weighted by atomic mass is 9.96. The number of rotatable bonds is 2. The number of hydrogen-bond donors (Lipinski definition) is 1. The van der Waals surface area contributed by atoms with Gasteiger partial charge in [-0.2, -0.15) is 0 Å². The molecular weight excluding hydrogens is 262 g/mol. The minimum absolute atomic E-state index is 0.235. The monoisotopic (exact) mass is 287 g/mol. The summed E-state index contributed by atoms with van der Waals surface area (Å²) >= 11 is 0. The van der Waals surface area contributed by atoms with Gasteiger partial charge in [0.05, 0.1) is 6.42 Å². The normalized spacial score (nSPS) is 26.4. The average molecular weight is 287 g/mol. The van der Waals surface area contributed by atoms with Gasteiger partial charge in [-0.3, -0.25) is 9.69 Å². The number of amides is 1. The molecule has 2 atom stereocenters. The second-order valence-corrected chi connectivity index (χ2v) is 6.46. The van der Waals surface area contributed by atoms with Gasteiger partial charge in [0.25, 0.3) is 0 Å². The van der Waals surface area contributed by atoms with Crippen LogP contribution in [0.5, 0.6) is 0 Å². The van der Waals surface area contributed by atoms with Crippen molar-refractivity contribution in [2.24, 2.45) is 0 Å². The van der Waals surface area contributed by atoms with Gasteiger partial charge in [0.1, 0.15) is 0 Å². The molecule has 0 bridgehead atoms. The highest BCUT2D eigenvalue weighted by atomic mass is 16.2. The second kappa shape index (κ2) is 6.06. The molecule has 2 heterocycles. The minimum atomic E-state index is 0.235. The average Bonchev–Trinajstić information content (AvgIpc) is 2.46. The number of piperidine rings is 1. The third-order valence-electron chi connectivity index (χ3n) is 4.81. The maximum Gasteiger partial charge on any atom is 0.227 e. The highest BCUT2D eigenvalue weighted by Gasteiger charge is 2.34. The van der Waals surface area contributed by atoms with Crippen LogP contribution in [0, 0.1) is 0 Å². The Morgan fingerprint density at radius 1 is 1.33 bits per heavy atom. The first-order valence-corrected chi connectivity index (χ1v) is 8.01. The fraction of sp³-hybridized carbons (Fsp3) is 0.588. The Hall–Kier alpha value is -1.55. The Morgan fingerprint density at radius 2 is 2.19 bits per heavy atom. The largest absolute Gasteiger partial charge is 0.399 e. The molecule has 2 aliphatic rings. The number of nitrogen functional groups attached to an aromatic ring is 1. The van der Waals surface area contributed by atoms with Crippen LogP contribution in [-0.4, -0.2) is 47.4 Å². The highest BCUT2D eigenvalue weighted by Crippen LogP contribution is 2.24. The number of piperazine rings is 1. The van der Waals surface area contributed by atoms with Gasteiger partial charge < -0.3 is 10.6 Å². The fourth-order valence-electron chi connectivity index (χ4n) is 3.68. The van der Waals surface area contributed by atoms with E-state index in [9.17, 15) is 4.79 Å². The predicted octanol–water partition coefficient (Wildman–Crippen LogP) is 1.90. The summed E-state index contributed by atoms with van der Waals surface area (Å²) in [5, 5.41) is 0. The number of nitrogens with zero attached hydrogens (tertiary/aromatic N) is 2. The van der Waals surface area contributed by atoms with Crippen molar-refractivity contribution in [3.8, 4) is 0 Å². The molecular formula is C17H25N3O. The van der Waals surface area contributed by atoms with Gasteiger partial charge in [0, 0.05) is 30.9 Å². The number of hydrogen-bond acceptors (Lipinski definition) is 3. The van der Waals surface area contributed by atoms with E-state index < -0.39 is 0 Å². The molecule has 0 aromatic heterocycles. The van der Waals surface area contributed by atoms with E-state index in [-0.39, 0.29) is 5.91 Å². The molecule has 2 aliphatic heterocycles. The molecule has 0 saturated carbocycles. The first kappa shape index (κ1) is 14.4.